The molecule has 75 heavy (non-hydrogen) atoms. The lowest BCUT2D eigenvalue weighted by Crippen LogP contribution is -2.01. The first-order valence-corrected chi connectivity index (χ1v) is 24.9. The summed E-state index contributed by atoms with van der Waals surface area (Å²) in [4.78, 5) is 25.3. The summed E-state index contributed by atoms with van der Waals surface area (Å²) in [5.74, 6) is 2.87. The van der Waals surface area contributed by atoms with E-state index in [1.807, 2.05) is 48.5 Å². The fourth-order valence-corrected chi connectivity index (χ4v) is 10.5. The van der Waals surface area contributed by atoms with E-state index in [1.165, 1.54) is 33.0 Å². The molecule has 0 saturated carbocycles. The van der Waals surface area contributed by atoms with Gasteiger partial charge in [-0.3, -0.25) is 0 Å². The molecule has 0 saturated heterocycles. The van der Waals surface area contributed by atoms with E-state index < -0.39 is 0 Å². The van der Waals surface area contributed by atoms with E-state index in [-0.39, 0.29) is 0 Å². The molecule has 11 aromatic carbocycles. The largest absolute Gasteiger partial charge is 0.436 e. The van der Waals surface area contributed by atoms with E-state index in [0.717, 1.165) is 88.3 Å². The quantitative estimate of drug-likeness (QED) is 0.150. The van der Waals surface area contributed by atoms with Gasteiger partial charge < -0.3 is 13.4 Å². The minimum absolute atomic E-state index is 0.563. The van der Waals surface area contributed by atoms with Crippen molar-refractivity contribution in [1.29, 1.82) is 0 Å². The zero-order valence-corrected chi connectivity index (χ0v) is 40.1. The molecule has 0 bridgehead atoms. The monoisotopic (exact) mass is 960 g/mol. The number of para-hydroxylation sites is 4. The molecule has 4 aromatic heterocycles. The standard InChI is InChI=1S/C67H40N6O2/c1-3-12-41(13-4-1)47-30-32-59-55(39-47)56-40-48(42-14-5-2-6-15-42)31-33-60(56)73(59)54-17-11-16-49(38-54)63-70-64(50-26-22-45-36-52(28-24-43(45)34-50)66-68-57-18-7-9-20-61(57)74-66)72-65(71-63)51-27-23-46-37-53(29-25-44(46)35-51)67-69-58-19-8-10-21-62(58)75-67/h1-40H. The van der Waals surface area contributed by atoms with Gasteiger partial charge in [0.25, 0.3) is 0 Å². The van der Waals surface area contributed by atoms with Crippen molar-refractivity contribution in [3.63, 3.8) is 0 Å². The summed E-state index contributed by atoms with van der Waals surface area (Å²) in [6.45, 7) is 0. The fourth-order valence-electron chi connectivity index (χ4n) is 10.5. The minimum atomic E-state index is 0.563. The normalized spacial score (nSPS) is 11.7. The van der Waals surface area contributed by atoms with E-state index in [1.54, 1.807) is 0 Å². The second-order valence-corrected chi connectivity index (χ2v) is 18.9. The molecule has 15 aromatic rings. The van der Waals surface area contributed by atoms with Gasteiger partial charge in [-0.25, -0.2) is 24.9 Å². The molecule has 0 amide bonds. The Morgan fingerprint density at radius 1 is 0.267 bits per heavy atom. The van der Waals surface area contributed by atoms with Gasteiger partial charge in [-0.05, 0) is 141 Å². The highest BCUT2D eigenvalue weighted by Gasteiger charge is 2.19. The first-order valence-electron chi connectivity index (χ1n) is 24.9. The minimum Gasteiger partial charge on any atom is -0.436 e. The van der Waals surface area contributed by atoms with E-state index in [2.05, 4.69) is 199 Å². The van der Waals surface area contributed by atoms with Crippen LogP contribution in [0.4, 0.5) is 0 Å². The highest BCUT2D eigenvalue weighted by atomic mass is 16.4. The van der Waals surface area contributed by atoms with Gasteiger partial charge in [0.05, 0.1) is 11.0 Å². The van der Waals surface area contributed by atoms with Gasteiger partial charge >= 0.3 is 0 Å². The molecule has 350 valence electrons. The maximum absolute atomic E-state index is 6.14. The molecule has 0 unspecified atom stereocenters. The van der Waals surface area contributed by atoms with Gasteiger partial charge in [-0.15, -0.1) is 0 Å². The second kappa shape index (κ2) is 17.2. The molecule has 15 rings (SSSR count). The third-order valence-electron chi connectivity index (χ3n) is 14.3. The summed E-state index contributed by atoms with van der Waals surface area (Å²) < 4.78 is 14.6. The summed E-state index contributed by atoms with van der Waals surface area (Å²) >= 11 is 0. The third-order valence-corrected chi connectivity index (χ3v) is 14.3. The first-order chi connectivity index (χ1) is 37.1. The Kier molecular flexibility index (Phi) is 9.71. The molecule has 0 atom stereocenters. The number of fused-ring (bicyclic) bond motifs is 7. The summed E-state index contributed by atoms with van der Waals surface area (Å²) in [5.41, 5.74) is 15.5. The van der Waals surface area contributed by atoms with E-state index in [9.17, 15) is 0 Å². The van der Waals surface area contributed by atoms with Gasteiger partial charge in [0, 0.05) is 44.3 Å². The van der Waals surface area contributed by atoms with Crippen molar-refractivity contribution in [2.75, 3.05) is 0 Å². The summed E-state index contributed by atoms with van der Waals surface area (Å²) in [6.07, 6.45) is 0. The SMILES string of the molecule is c1ccc(-c2ccc3c(c2)c2cc(-c4ccccc4)ccc2n3-c2cccc(-c3nc(-c4ccc5cc(-c6nc7ccccc7o6)ccc5c4)nc(-c4ccc5cc(-c6nc7ccccc7o6)ccc5c4)n3)c2)cc1. The Balaban J connectivity index is 0.865. The van der Waals surface area contributed by atoms with Gasteiger partial charge in [0.15, 0.2) is 28.6 Å². The van der Waals surface area contributed by atoms with Crippen LogP contribution in [-0.4, -0.2) is 29.5 Å². The number of nitrogens with zero attached hydrogens (tertiary/aromatic N) is 6. The Labute approximate surface area is 429 Å². The van der Waals surface area contributed by atoms with Crippen molar-refractivity contribution < 1.29 is 8.83 Å². The van der Waals surface area contributed by atoms with Crippen LogP contribution in [0.15, 0.2) is 251 Å². The van der Waals surface area contributed by atoms with E-state index >= 15 is 0 Å². The van der Waals surface area contributed by atoms with Crippen LogP contribution < -0.4 is 0 Å². The maximum atomic E-state index is 6.14. The Hall–Kier alpha value is -10.3. The highest BCUT2D eigenvalue weighted by Crippen LogP contribution is 2.39. The summed E-state index contributed by atoms with van der Waals surface area (Å²) in [7, 11) is 0. The molecule has 0 fully saturated rings. The van der Waals surface area contributed by atoms with E-state index in [0.29, 0.717) is 29.3 Å². The fraction of sp³-hybridized carbons (Fsp3) is 0. The number of benzene rings is 11. The van der Waals surface area contributed by atoms with Gasteiger partial charge in [0.2, 0.25) is 11.8 Å². The Morgan fingerprint density at radius 3 is 1.12 bits per heavy atom. The molecular formula is C67H40N6O2. The second-order valence-electron chi connectivity index (χ2n) is 18.9. The van der Waals surface area contributed by atoms with Crippen LogP contribution >= 0.6 is 0 Å². The van der Waals surface area contributed by atoms with Crippen LogP contribution in [0, 0.1) is 0 Å². The van der Waals surface area contributed by atoms with Crippen LogP contribution in [0.2, 0.25) is 0 Å². The van der Waals surface area contributed by atoms with Gasteiger partial charge in [0.1, 0.15) is 11.0 Å². The molecule has 0 aliphatic carbocycles. The molecule has 0 radical (unpaired) electrons. The van der Waals surface area contributed by atoms with Crippen molar-refractivity contribution in [3.05, 3.63) is 243 Å². The molecule has 8 nitrogen and oxygen atoms in total. The van der Waals surface area contributed by atoms with E-state index in [4.69, 9.17) is 33.8 Å². The Morgan fingerprint density at radius 2 is 0.653 bits per heavy atom. The lowest BCUT2D eigenvalue weighted by molar-refractivity contribution is 0.619. The van der Waals surface area contributed by atoms with Crippen LogP contribution in [-0.2, 0) is 0 Å². The van der Waals surface area contributed by atoms with Gasteiger partial charge in [-0.2, -0.15) is 0 Å². The summed E-state index contributed by atoms with van der Waals surface area (Å²) in [5, 5.41) is 6.52. The number of rotatable bonds is 8. The predicted octanol–water partition coefficient (Wildman–Crippen LogP) is 17.2. The maximum Gasteiger partial charge on any atom is 0.227 e. The van der Waals surface area contributed by atoms with Gasteiger partial charge in [-0.1, -0.05) is 146 Å². The first kappa shape index (κ1) is 42.4. The molecule has 0 N–H and O–H groups in total. The smallest absolute Gasteiger partial charge is 0.227 e. The van der Waals surface area contributed by atoms with Crippen molar-refractivity contribution in [2.24, 2.45) is 0 Å². The van der Waals surface area contributed by atoms with Crippen LogP contribution in [0.3, 0.4) is 0 Å². The van der Waals surface area contributed by atoms with Crippen molar-refractivity contribution in [3.8, 4) is 85.0 Å². The van der Waals surface area contributed by atoms with Crippen molar-refractivity contribution in [1.82, 2.24) is 29.5 Å². The van der Waals surface area contributed by atoms with Crippen LogP contribution in [0.1, 0.15) is 0 Å². The molecule has 4 heterocycles. The van der Waals surface area contributed by atoms with Crippen molar-refractivity contribution >= 4 is 65.6 Å². The predicted molar refractivity (Wildman–Crippen MR) is 302 cm³/mol. The molecule has 0 aliphatic rings. The average Bonchev–Trinajstić information content (AvgIpc) is 4.21. The number of oxazole rings is 2. The topological polar surface area (TPSA) is 95.7 Å². The highest BCUT2D eigenvalue weighted by molar-refractivity contribution is 6.12. The molecular weight excluding hydrogens is 921 g/mol. The van der Waals surface area contributed by atoms with Crippen LogP contribution in [0.5, 0.6) is 0 Å². The number of hydrogen-bond donors (Lipinski definition) is 0. The molecule has 0 aliphatic heterocycles. The molecule has 0 spiro atoms. The zero-order valence-electron chi connectivity index (χ0n) is 40.1. The summed E-state index contributed by atoms with van der Waals surface area (Å²) in [6, 6.07) is 84.2. The number of aromatic nitrogens is 6. The Bertz CT molecular complexity index is 4390. The lowest BCUT2D eigenvalue weighted by Gasteiger charge is -2.12. The van der Waals surface area contributed by atoms with Crippen molar-refractivity contribution in [2.45, 2.75) is 0 Å². The third kappa shape index (κ3) is 7.51. The average molecular weight is 961 g/mol. The lowest BCUT2D eigenvalue weighted by atomic mass is 10.0. The number of hydrogen-bond acceptors (Lipinski definition) is 7. The zero-order chi connectivity index (χ0) is 49.4. The van der Waals surface area contributed by atoms with Crippen LogP contribution in [0.25, 0.3) is 151 Å². The molecule has 8 heteroatoms.